The van der Waals surface area contributed by atoms with Gasteiger partial charge in [0.2, 0.25) is 0 Å². The predicted octanol–water partition coefficient (Wildman–Crippen LogP) is 10.5. The first-order valence-electron chi connectivity index (χ1n) is 19.2. The molecule has 0 spiro atoms. The number of aromatic nitrogens is 1. The van der Waals surface area contributed by atoms with Crippen LogP contribution in [0.1, 0.15) is 133 Å². The maximum atomic E-state index is 4.66. The van der Waals surface area contributed by atoms with Crippen molar-refractivity contribution in [3.05, 3.63) is 99.1 Å². The number of hydrogen-bond donors (Lipinski definition) is 0. The fourth-order valence-electron chi connectivity index (χ4n) is 7.75. The fraction of sp³-hybridized carbons (Fsp3) is 0.533. The van der Waals surface area contributed by atoms with Crippen LogP contribution >= 0.6 is 0 Å². The lowest BCUT2D eigenvalue weighted by Crippen LogP contribution is -2.33. The molecule has 1 aliphatic heterocycles. The first-order chi connectivity index (χ1) is 23.4. The number of hydrogen-bond acceptors (Lipinski definition) is 3. The highest BCUT2D eigenvalue weighted by molar-refractivity contribution is 5.86. The Kier molecular flexibility index (Phi) is 16.8. The second-order valence-corrected chi connectivity index (χ2v) is 13.7. The van der Waals surface area contributed by atoms with Crippen LogP contribution in [-0.2, 0) is 26.1 Å². The Morgan fingerprint density at radius 1 is 0.958 bits per heavy atom. The summed E-state index contributed by atoms with van der Waals surface area (Å²) in [5.41, 5.74) is 9.72. The molecule has 2 aromatic carbocycles. The van der Waals surface area contributed by atoms with Crippen LogP contribution < -0.4 is 10.4 Å². The van der Waals surface area contributed by atoms with Crippen molar-refractivity contribution in [3.63, 3.8) is 0 Å². The van der Waals surface area contributed by atoms with Gasteiger partial charge in [0.15, 0.2) is 0 Å². The number of nitrogens with zero attached hydrogens (tertiary/aromatic N) is 3. The van der Waals surface area contributed by atoms with Gasteiger partial charge in [-0.3, -0.25) is 14.8 Å². The summed E-state index contributed by atoms with van der Waals surface area (Å²) in [6, 6.07) is 10.6. The standard InChI is InChI=1S/C21H28N2.C19H25N.C3H8.C2H6/c1-4-13-23(19-9-6-7-10-19)15-18-14-17(5-2)20-11-8-12-22-21(20)16(18)3;1-4-5-10-18-14(2)11-16-12-20(13-19(16)15(18)3)17-8-6-7-9-17;1-3-2;1-2/h4,8,11-12,14,19H,1,5-7,9-10,13,15H2,2-3H3;4-5,10-11,17H,3,6-9,12-13H2,1-2H3;3H2,1-2H3;1-2H3/b;5-4-,18-10-;;. The molecule has 2 fully saturated rings. The van der Waals surface area contributed by atoms with Crippen LogP contribution in [0.15, 0.2) is 55.3 Å². The summed E-state index contributed by atoms with van der Waals surface area (Å²) in [5.74, 6) is 0. The zero-order valence-electron chi connectivity index (χ0n) is 32.0. The summed E-state index contributed by atoms with van der Waals surface area (Å²) in [7, 11) is 0. The molecular formula is C45H67N3. The van der Waals surface area contributed by atoms with Gasteiger partial charge in [0.05, 0.1) is 5.52 Å². The average Bonchev–Trinajstić information content (AvgIpc) is 3.90. The monoisotopic (exact) mass is 650 g/mol. The van der Waals surface area contributed by atoms with Crippen LogP contribution in [-0.4, -0.2) is 33.4 Å². The Balaban J connectivity index is 0.000000231. The minimum absolute atomic E-state index is 0.719. The predicted molar refractivity (Wildman–Crippen MR) is 213 cm³/mol. The zero-order chi connectivity index (χ0) is 35.1. The molecule has 2 heterocycles. The summed E-state index contributed by atoms with van der Waals surface area (Å²) in [4.78, 5) is 9.94. The smallest absolute Gasteiger partial charge is 0.0737 e. The summed E-state index contributed by atoms with van der Waals surface area (Å²) in [5, 5.41) is 3.88. The largest absolute Gasteiger partial charge is 0.292 e. The number of rotatable bonds is 8. The summed E-state index contributed by atoms with van der Waals surface area (Å²) >= 11 is 0. The van der Waals surface area contributed by atoms with E-state index in [1.165, 1.54) is 113 Å². The Hall–Kier alpha value is -3.01. The first kappa shape index (κ1) is 39.4. The van der Waals surface area contributed by atoms with Crippen molar-refractivity contribution in [2.24, 2.45) is 0 Å². The quantitative estimate of drug-likeness (QED) is 0.226. The van der Waals surface area contributed by atoms with Crippen LogP contribution in [0.4, 0.5) is 0 Å². The van der Waals surface area contributed by atoms with E-state index < -0.39 is 0 Å². The minimum Gasteiger partial charge on any atom is -0.292 e. The number of allylic oxidation sites excluding steroid dienone is 2. The normalized spacial score (nSPS) is 16.8. The zero-order valence-corrected chi connectivity index (χ0v) is 32.0. The third-order valence-electron chi connectivity index (χ3n) is 10.2. The van der Waals surface area contributed by atoms with Gasteiger partial charge in [-0.05, 0) is 103 Å². The van der Waals surface area contributed by atoms with Crippen molar-refractivity contribution in [2.75, 3.05) is 6.54 Å². The second-order valence-electron chi connectivity index (χ2n) is 13.7. The van der Waals surface area contributed by atoms with Gasteiger partial charge in [0.1, 0.15) is 0 Å². The molecule has 0 unspecified atom stereocenters. The molecule has 6 rings (SSSR count). The molecule has 3 nitrogen and oxygen atoms in total. The van der Waals surface area contributed by atoms with Crippen LogP contribution in [0.2, 0.25) is 0 Å². The molecule has 262 valence electrons. The van der Waals surface area contributed by atoms with E-state index in [2.05, 4.69) is 106 Å². The SMILES string of the molecule is C=CCN(Cc1cc(CC)c2cccnc2c1C)C1CCCC1.C=c1c2c(cc(C)/c1=C/C=C\C)CN(C1CCCC1)C2.CC.CCC. The van der Waals surface area contributed by atoms with Crippen LogP contribution in [0, 0.1) is 13.8 Å². The summed E-state index contributed by atoms with van der Waals surface area (Å²) in [6.45, 7) is 29.6. The molecule has 3 heteroatoms. The van der Waals surface area contributed by atoms with Crippen molar-refractivity contribution in [3.8, 4) is 0 Å². The van der Waals surface area contributed by atoms with E-state index in [9.17, 15) is 0 Å². The van der Waals surface area contributed by atoms with Gasteiger partial charge in [0.25, 0.3) is 0 Å². The van der Waals surface area contributed by atoms with Crippen LogP contribution in [0.3, 0.4) is 0 Å². The fourth-order valence-corrected chi connectivity index (χ4v) is 7.75. The van der Waals surface area contributed by atoms with Crippen molar-refractivity contribution >= 4 is 23.6 Å². The number of aryl methyl sites for hydroxylation is 3. The van der Waals surface area contributed by atoms with Gasteiger partial charge in [-0.1, -0.05) is 116 Å². The van der Waals surface area contributed by atoms with Crippen LogP contribution in [0.5, 0.6) is 0 Å². The Morgan fingerprint density at radius 3 is 2.25 bits per heavy atom. The third kappa shape index (κ3) is 10.0. The molecule has 1 aromatic heterocycles. The van der Waals surface area contributed by atoms with E-state index in [1.54, 1.807) is 0 Å². The maximum Gasteiger partial charge on any atom is 0.0737 e. The Bertz CT molecular complexity index is 1570. The minimum atomic E-state index is 0.719. The van der Waals surface area contributed by atoms with Gasteiger partial charge in [-0.25, -0.2) is 0 Å². The summed E-state index contributed by atoms with van der Waals surface area (Å²) in [6.07, 6.45) is 23.7. The lowest BCUT2D eigenvalue weighted by molar-refractivity contribution is 0.202. The number of benzene rings is 2. The number of pyridine rings is 1. The highest BCUT2D eigenvalue weighted by Gasteiger charge is 2.28. The van der Waals surface area contributed by atoms with E-state index >= 15 is 0 Å². The van der Waals surface area contributed by atoms with Gasteiger partial charge < -0.3 is 0 Å². The van der Waals surface area contributed by atoms with Crippen molar-refractivity contribution in [1.82, 2.24) is 14.8 Å². The van der Waals surface area contributed by atoms with Crippen molar-refractivity contribution in [2.45, 2.75) is 151 Å². The first-order valence-corrected chi connectivity index (χ1v) is 19.2. The van der Waals surface area contributed by atoms with Gasteiger partial charge in [0, 0.05) is 49.8 Å². The molecule has 0 bridgehead atoms. The van der Waals surface area contributed by atoms with E-state index in [0.717, 1.165) is 44.7 Å². The number of fused-ring (bicyclic) bond motifs is 2. The maximum absolute atomic E-state index is 4.66. The molecule has 0 atom stereocenters. The summed E-state index contributed by atoms with van der Waals surface area (Å²) < 4.78 is 0. The average molecular weight is 650 g/mol. The van der Waals surface area contributed by atoms with Gasteiger partial charge in [-0.15, -0.1) is 6.58 Å². The van der Waals surface area contributed by atoms with E-state index in [0.29, 0.717) is 0 Å². The lowest BCUT2D eigenvalue weighted by Gasteiger charge is -2.28. The highest BCUT2D eigenvalue weighted by Crippen LogP contribution is 2.31. The Morgan fingerprint density at radius 2 is 1.62 bits per heavy atom. The van der Waals surface area contributed by atoms with E-state index in [1.807, 2.05) is 32.2 Å². The van der Waals surface area contributed by atoms with Crippen molar-refractivity contribution in [1.29, 1.82) is 0 Å². The lowest BCUT2D eigenvalue weighted by atomic mass is 9.96. The molecule has 3 aliphatic rings. The van der Waals surface area contributed by atoms with Gasteiger partial charge in [-0.2, -0.15) is 0 Å². The molecule has 3 aromatic rings. The third-order valence-corrected chi connectivity index (χ3v) is 10.2. The molecule has 0 saturated heterocycles. The molecule has 48 heavy (non-hydrogen) atoms. The van der Waals surface area contributed by atoms with Gasteiger partial charge >= 0.3 is 0 Å². The molecule has 0 N–H and O–H groups in total. The molecule has 2 aliphatic carbocycles. The molecule has 0 radical (unpaired) electrons. The molecule has 0 amide bonds. The topological polar surface area (TPSA) is 19.4 Å². The molecule has 2 saturated carbocycles. The van der Waals surface area contributed by atoms with E-state index in [4.69, 9.17) is 0 Å². The van der Waals surface area contributed by atoms with Crippen LogP contribution in [0.25, 0.3) is 23.6 Å². The second kappa shape index (κ2) is 20.5. The molecular weight excluding hydrogens is 583 g/mol. The highest BCUT2D eigenvalue weighted by atomic mass is 15.2. The Labute approximate surface area is 294 Å². The van der Waals surface area contributed by atoms with E-state index in [-0.39, 0.29) is 0 Å². The van der Waals surface area contributed by atoms with Crippen molar-refractivity contribution < 1.29 is 0 Å².